The lowest BCUT2D eigenvalue weighted by molar-refractivity contribution is -0.0849. The molecular formula is C14H25N3O2. The van der Waals surface area contributed by atoms with Crippen LogP contribution < -0.4 is 5.73 Å². The largest absolute Gasteiger partial charge is 0.385 e. The zero-order chi connectivity index (χ0) is 14.6. The Hall–Kier alpha value is -1.10. The molecule has 0 aromatic heterocycles. The van der Waals surface area contributed by atoms with Crippen LogP contribution >= 0.6 is 0 Å². The molecule has 0 saturated carbocycles. The molecule has 0 radical (unpaired) electrons. The summed E-state index contributed by atoms with van der Waals surface area (Å²) in [5.74, 6) is 0.759. The van der Waals surface area contributed by atoms with E-state index in [0.29, 0.717) is 24.7 Å². The van der Waals surface area contributed by atoms with E-state index in [1.807, 2.05) is 32.6 Å². The topological polar surface area (TPSA) is 67.9 Å². The fourth-order valence-electron chi connectivity index (χ4n) is 3.62. The zero-order valence-corrected chi connectivity index (χ0v) is 12.8. The maximum atomic E-state index is 12.2. The van der Waals surface area contributed by atoms with Gasteiger partial charge in [-0.05, 0) is 33.6 Å². The van der Waals surface area contributed by atoms with E-state index < -0.39 is 11.1 Å². The quantitative estimate of drug-likeness (QED) is 0.833. The number of rotatable bonds is 2. The number of hydrogen-bond acceptors (Lipinski definition) is 3. The molecule has 2 aliphatic heterocycles. The van der Waals surface area contributed by atoms with Gasteiger partial charge in [-0.15, -0.1) is 0 Å². The summed E-state index contributed by atoms with van der Waals surface area (Å²) in [5, 5.41) is 0. The van der Waals surface area contributed by atoms with Crippen molar-refractivity contribution < 1.29 is 9.53 Å². The summed E-state index contributed by atoms with van der Waals surface area (Å²) in [5.41, 5.74) is 4.67. The minimum Gasteiger partial charge on any atom is -0.385 e. The van der Waals surface area contributed by atoms with E-state index >= 15 is 0 Å². The van der Waals surface area contributed by atoms with Crippen molar-refractivity contribution >= 4 is 11.9 Å². The number of carbonyl (C=O) groups excluding carboxylic acids is 1. The predicted octanol–water partition coefficient (Wildman–Crippen LogP) is 2.15. The third-order valence-corrected chi connectivity index (χ3v) is 4.09. The highest BCUT2D eigenvalue weighted by molar-refractivity contribution is 6.07. The van der Waals surface area contributed by atoms with E-state index in [-0.39, 0.29) is 11.6 Å². The van der Waals surface area contributed by atoms with Crippen LogP contribution in [0.4, 0.5) is 4.79 Å². The molecule has 5 nitrogen and oxygen atoms in total. The number of nitrogens with two attached hydrogens (primary N) is 1. The summed E-state index contributed by atoms with van der Waals surface area (Å²) in [6.07, 6.45) is 0.681. The molecule has 2 amide bonds. The third-order valence-electron chi connectivity index (χ3n) is 4.09. The molecule has 1 unspecified atom stereocenters. The number of amidine groups is 1. The van der Waals surface area contributed by atoms with E-state index in [0.717, 1.165) is 0 Å². The summed E-state index contributed by atoms with van der Waals surface area (Å²) in [6.45, 7) is 12.9. The van der Waals surface area contributed by atoms with E-state index in [1.165, 1.54) is 0 Å². The van der Waals surface area contributed by atoms with Crippen LogP contribution in [0, 0.1) is 5.92 Å². The first-order chi connectivity index (χ1) is 8.52. The number of aliphatic imine (C=N–C) groups is 1. The Morgan fingerprint density at radius 3 is 2.37 bits per heavy atom. The van der Waals surface area contributed by atoms with E-state index in [1.54, 1.807) is 0 Å². The van der Waals surface area contributed by atoms with Crippen molar-refractivity contribution in [2.45, 2.75) is 64.7 Å². The monoisotopic (exact) mass is 267 g/mol. The Morgan fingerprint density at radius 1 is 1.37 bits per heavy atom. The molecule has 108 valence electrons. The molecule has 1 fully saturated rings. The highest BCUT2D eigenvalue weighted by Gasteiger charge is 2.66. The van der Waals surface area contributed by atoms with Crippen molar-refractivity contribution in [1.29, 1.82) is 0 Å². The second kappa shape index (κ2) is 3.95. The lowest BCUT2D eigenvalue weighted by Gasteiger charge is -2.43. The van der Waals surface area contributed by atoms with Gasteiger partial charge in [0.2, 0.25) is 0 Å². The Kier molecular flexibility index (Phi) is 2.97. The van der Waals surface area contributed by atoms with Crippen LogP contribution in [-0.2, 0) is 4.74 Å². The second-order valence-corrected chi connectivity index (χ2v) is 7.19. The van der Waals surface area contributed by atoms with Gasteiger partial charge in [-0.3, -0.25) is 0 Å². The Morgan fingerprint density at radius 2 is 1.95 bits per heavy atom. The smallest absolute Gasteiger partial charge is 0.346 e. The van der Waals surface area contributed by atoms with Crippen molar-refractivity contribution in [3.8, 4) is 0 Å². The summed E-state index contributed by atoms with van der Waals surface area (Å²) >= 11 is 0. The maximum absolute atomic E-state index is 12.2. The van der Waals surface area contributed by atoms with Gasteiger partial charge in [-0.1, -0.05) is 13.8 Å². The molecule has 1 spiro atoms. The van der Waals surface area contributed by atoms with Gasteiger partial charge in [0, 0.05) is 13.0 Å². The van der Waals surface area contributed by atoms with Crippen LogP contribution in [-0.4, -0.2) is 40.1 Å². The highest BCUT2D eigenvalue weighted by atomic mass is 16.5. The second-order valence-electron chi connectivity index (χ2n) is 7.19. The molecular weight excluding hydrogens is 242 g/mol. The van der Waals surface area contributed by atoms with Crippen LogP contribution in [0.5, 0.6) is 0 Å². The summed E-state index contributed by atoms with van der Waals surface area (Å²) in [7, 11) is 0. The molecule has 2 rings (SSSR count). The van der Waals surface area contributed by atoms with Crippen molar-refractivity contribution in [2.75, 3.05) is 6.54 Å². The Balaban J connectivity index is 2.49. The normalized spacial score (nSPS) is 32.5. The van der Waals surface area contributed by atoms with Gasteiger partial charge in [0.15, 0.2) is 0 Å². The van der Waals surface area contributed by atoms with Crippen LogP contribution in [0.2, 0.25) is 0 Å². The highest BCUT2D eigenvalue weighted by Crippen LogP contribution is 2.50. The zero-order valence-electron chi connectivity index (χ0n) is 12.8. The molecule has 2 aliphatic rings. The lowest BCUT2D eigenvalue weighted by atomic mass is 9.77. The fraction of sp³-hybridized carbons (Fsp3) is 0.857. The minimum absolute atomic E-state index is 0.236. The van der Waals surface area contributed by atoms with Gasteiger partial charge < -0.3 is 15.4 Å². The molecule has 1 atom stereocenters. The number of amides is 2. The molecule has 2 heterocycles. The van der Waals surface area contributed by atoms with Crippen LogP contribution in [0.3, 0.4) is 0 Å². The summed E-state index contributed by atoms with van der Waals surface area (Å²) in [6, 6.07) is -0.236. The van der Waals surface area contributed by atoms with Crippen molar-refractivity contribution in [3.63, 3.8) is 0 Å². The standard InChI is InChI=1S/C14H25N3O2/c1-9(2)7-17-11(18)16-10(15)14(17)8-12(3,4)19-13(14,5)6/h9H,7-8H2,1-6H3,(H2,15,16,18). The van der Waals surface area contributed by atoms with Gasteiger partial charge in [-0.25, -0.2) is 4.79 Å². The third kappa shape index (κ3) is 1.95. The molecule has 19 heavy (non-hydrogen) atoms. The minimum atomic E-state index is -0.613. The number of ether oxygens (including phenoxy) is 1. The van der Waals surface area contributed by atoms with Crippen LogP contribution in [0.15, 0.2) is 4.99 Å². The average molecular weight is 267 g/mol. The Labute approximate surface area is 115 Å². The van der Waals surface area contributed by atoms with E-state index in [9.17, 15) is 4.79 Å². The van der Waals surface area contributed by atoms with Gasteiger partial charge in [0.05, 0.1) is 11.2 Å². The van der Waals surface area contributed by atoms with Crippen LogP contribution in [0.1, 0.15) is 48.0 Å². The first kappa shape index (κ1) is 14.3. The average Bonchev–Trinajstić information content (AvgIpc) is 2.51. The predicted molar refractivity (Wildman–Crippen MR) is 75.2 cm³/mol. The van der Waals surface area contributed by atoms with E-state index in [2.05, 4.69) is 18.8 Å². The van der Waals surface area contributed by atoms with Gasteiger partial charge in [-0.2, -0.15) is 4.99 Å². The first-order valence-corrected chi connectivity index (χ1v) is 6.88. The van der Waals surface area contributed by atoms with Crippen molar-refractivity contribution in [1.82, 2.24) is 4.90 Å². The van der Waals surface area contributed by atoms with Crippen molar-refractivity contribution in [3.05, 3.63) is 0 Å². The first-order valence-electron chi connectivity index (χ1n) is 6.88. The molecule has 0 aliphatic carbocycles. The van der Waals surface area contributed by atoms with Gasteiger partial charge >= 0.3 is 6.03 Å². The molecule has 0 aromatic carbocycles. The Bertz CT molecular complexity index is 440. The lowest BCUT2D eigenvalue weighted by Crippen LogP contribution is -2.64. The van der Waals surface area contributed by atoms with Crippen molar-refractivity contribution in [2.24, 2.45) is 16.6 Å². The summed E-state index contributed by atoms with van der Waals surface area (Å²) < 4.78 is 6.15. The van der Waals surface area contributed by atoms with Crippen LogP contribution in [0.25, 0.3) is 0 Å². The molecule has 5 heteroatoms. The van der Waals surface area contributed by atoms with Gasteiger partial charge in [0.25, 0.3) is 0 Å². The molecule has 0 bridgehead atoms. The molecule has 0 aromatic rings. The SMILES string of the molecule is CC(C)CN1C(=O)N=C(N)C12CC(C)(C)OC2(C)C. The number of urea groups is 1. The van der Waals surface area contributed by atoms with E-state index in [4.69, 9.17) is 10.5 Å². The number of carbonyl (C=O) groups is 1. The van der Waals surface area contributed by atoms with Gasteiger partial charge in [0.1, 0.15) is 11.4 Å². The fourth-order valence-corrected chi connectivity index (χ4v) is 3.62. The maximum Gasteiger partial charge on any atom is 0.346 e. The summed E-state index contributed by atoms with van der Waals surface area (Å²) in [4.78, 5) is 18.0. The molecule has 1 saturated heterocycles. The number of hydrogen-bond donors (Lipinski definition) is 1. The molecule has 2 N–H and O–H groups in total. The number of nitrogens with zero attached hydrogens (tertiary/aromatic N) is 2.